The molecule has 0 bridgehead atoms. The molecule has 11 nitrogen and oxygen atoms in total. The van der Waals surface area contributed by atoms with E-state index in [1.165, 1.54) is 6.33 Å². The lowest BCUT2D eigenvalue weighted by atomic mass is 10.0. The first-order chi connectivity index (χ1) is 17.6. The number of methoxy groups -OCH3 is 1. The molecule has 1 aliphatic heterocycles. The summed E-state index contributed by atoms with van der Waals surface area (Å²) >= 11 is 0. The lowest BCUT2D eigenvalue weighted by molar-refractivity contribution is 0.198. The Balaban J connectivity index is 1.14. The average Bonchev–Trinajstić information content (AvgIpc) is 3.25. The van der Waals surface area contributed by atoms with Gasteiger partial charge in [0.1, 0.15) is 17.8 Å². The maximum atomic E-state index is 13.0. The standard InChI is InChI=1S/C25H27N7O4/c1-34-9-7-26-14-25(5-6-25)21-11-22(31-36-21)30-24(33)32-8-4-16-10-17(2-3-20(16)32)35-23-18-12-27-13-19(18)28-15-29-23/h2-4,8,10-11,15,26-27H,5-7,9,12-14H2,1H3,(H,30,31,33). The van der Waals surface area contributed by atoms with Crippen LogP contribution in [0.5, 0.6) is 11.6 Å². The average molecular weight is 490 g/mol. The fraction of sp³-hybridized carbons (Fsp3) is 0.360. The first kappa shape index (κ1) is 22.7. The van der Waals surface area contributed by atoms with Gasteiger partial charge in [0.15, 0.2) is 5.82 Å². The molecule has 1 saturated carbocycles. The highest BCUT2D eigenvalue weighted by Gasteiger charge is 2.47. The number of carbonyl (C=O) groups excluding carboxylic acids is 1. The zero-order valence-electron chi connectivity index (χ0n) is 19.9. The zero-order chi connectivity index (χ0) is 24.5. The third kappa shape index (κ3) is 4.32. The second-order valence-corrected chi connectivity index (χ2v) is 9.17. The fourth-order valence-corrected chi connectivity index (χ4v) is 4.54. The summed E-state index contributed by atoms with van der Waals surface area (Å²) in [6.45, 7) is 3.62. The molecule has 1 amide bonds. The molecule has 0 radical (unpaired) electrons. The van der Waals surface area contributed by atoms with Gasteiger partial charge in [0.2, 0.25) is 5.88 Å². The predicted octanol–water partition coefficient (Wildman–Crippen LogP) is 3.16. The van der Waals surface area contributed by atoms with Crippen LogP contribution in [-0.2, 0) is 23.2 Å². The van der Waals surface area contributed by atoms with Crippen LogP contribution in [0.3, 0.4) is 0 Å². The van der Waals surface area contributed by atoms with Crippen LogP contribution in [0.2, 0.25) is 0 Å². The van der Waals surface area contributed by atoms with Crippen LogP contribution >= 0.6 is 0 Å². The Morgan fingerprint density at radius 3 is 3.00 bits per heavy atom. The second-order valence-electron chi connectivity index (χ2n) is 9.17. The molecular weight excluding hydrogens is 462 g/mol. The molecule has 1 aliphatic carbocycles. The van der Waals surface area contributed by atoms with Crippen LogP contribution in [0.25, 0.3) is 10.9 Å². The predicted molar refractivity (Wildman–Crippen MR) is 131 cm³/mol. The molecule has 4 heterocycles. The van der Waals surface area contributed by atoms with E-state index in [9.17, 15) is 4.79 Å². The molecule has 4 aromatic rings. The lowest BCUT2D eigenvalue weighted by Gasteiger charge is -2.12. The number of benzene rings is 1. The molecule has 3 aromatic heterocycles. The van der Waals surface area contributed by atoms with E-state index in [0.717, 1.165) is 53.9 Å². The Bertz CT molecular complexity index is 1410. The number of carbonyl (C=O) groups is 1. The van der Waals surface area contributed by atoms with E-state index in [0.29, 0.717) is 37.1 Å². The lowest BCUT2D eigenvalue weighted by Crippen LogP contribution is -2.29. The van der Waals surface area contributed by atoms with E-state index in [2.05, 4.69) is 31.1 Å². The summed E-state index contributed by atoms with van der Waals surface area (Å²) in [7, 11) is 1.68. The van der Waals surface area contributed by atoms with Crippen molar-refractivity contribution >= 4 is 22.8 Å². The molecule has 0 atom stereocenters. The molecule has 6 rings (SSSR count). The highest BCUT2D eigenvalue weighted by Crippen LogP contribution is 2.48. The summed E-state index contributed by atoms with van der Waals surface area (Å²) in [4.78, 5) is 21.6. The van der Waals surface area contributed by atoms with E-state index >= 15 is 0 Å². The normalized spacial score (nSPS) is 15.7. The van der Waals surface area contributed by atoms with E-state index in [4.69, 9.17) is 14.0 Å². The summed E-state index contributed by atoms with van der Waals surface area (Å²) < 4.78 is 18.2. The second kappa shape index (κ2) is 9.34. The number of aromatic nitrogens is 4. The topological polar surface area (TPSA) is 128 Å². The van der Waals surface area contributed by atoms with Crippen LogP contribution in [0.15, 0.2) is 47.4 Å². The van der Waals surface area contributed by atoms with Crippen molar-refractivity contribution in [3.8, 4) is 11.6 Å². The van der Waals surface area contributed by atoms with E-state index in [-0.39, 0.29) is 11.4 Å². The molecule has 0 unspecified atom stereocenters. The Labute approximate surface area is 207 Å². The number of rotatable bonds is 9. The summed E-state index contributed by atoms with van der Waals surface area (Å²) in [5.74, 6) is 2.37. The third-order valence-corrected chi connectivity index (χ3v) is 6.75. The number of nitrogens with one attached hydrogen (secondary N) is 3. The molecule has 3 N–H and O–H groups in total. The number of hydrogen-bond donors (Lipinski definition) is 3. The Hall–Kier alpha value is -3.80. The smallest absolute Gasteiger partial charge is 0.331 e. The first-order valence-corrected chi connectivity index (χ1v) is 12.0. The number of fused-ring (bicyclic) bond motifs is 2. The highest BCUT2D eigenvalue weighted by molar-refractivity contribution is 5.98. The molecule has 0 spiro atoms. The molecule has 0 saturated heterocycles. The van der Waals surface area contributed by atoms with E-state index in [1.807, 2.05) is 30.3 Å². The zero-order valence-corrected chi connectivity index (χ0v) is 19.9. The summed E-state index contributed by atoms with van der Waals surface area (Å²) in [6.07, 6.45) is 5.28. The molecule has 1 fully saturated rings. The van der Waals surface area contributed by atoms with E-state index in [1.54, 1.807) is 17.9 Å². The summed E-state index contributed by atoms with van der Waals surface area (Å²) in [5, 5.41) is 14.4. The first-order valence-electron chi connectivity index (χ1n) is 12.0. The maximum Gasteiger partial charge on any atom is 0.331 e. The molecule has 1 aromatic carbocycles. The number of amides is 1. The van der Waals surface area contributed by atoms with Crippen molar-refractivity contribution in [2.75, 3.05) is 32.1 Å². The monoisotopic (exact) mass is 489 g/mol. The maximum absolute atomic E-state index is 13.0. The van der Waals surface area contributed by atoms with Crippen LogP contribution in [0, 0.1) is 0 Å². The summed E-state index contributed by atoms with van der Waals surface area (Å²) in [6, 6.07) is 8.93. The Kier molecular flexibility index (Phi) is 5.88. The van der Waals surface area contributed by atoms with Gasteiger partial charge in [0.05, 0.1) is 23.4 Å². The summed E-state index contributed by atoms with van der Waals surface area (Å²) in [5.41, 5.74) is 2.62. The van der Waals surface area contributed by atoms with Crippen molar-refractivity contribution in [3.05, 3.63) is 59.9 Å². The van der Waals surface area contributed by atoms with Crippen LogP contribution in [-0.4, -0.2) is 52.5 Å². The minimum atomic E-state index is -0.318. The molecule has 186 valence electrons. The van der Waals surface area contributed by atoms with Gasteiger partial charge in [0.25, 0.3) is 0 Å². The fourth-order valence-electron chi connectivity index (χ4n) is 4.54. The highest BCUT2D eigenvalue weighted by atomic mass is 16.5. The molecule has 36 heavy (non-hydrogen) atoms. The van der Waals surface area contributed by atoms with Crippen molar-refractivity contribution in [2.24, 2.45) is 0 Å². The van der Waals surface area contributed by atoms with Crippen molar-refractivity contribution in [1.82, 2.24) is 30.3 Å². The van der Waals surface area contributed by atoms with Crippen molar-refractivity contribution in [3.63, 3.8) is 0 Å². The van der Waals surface area contributed by atoms with Gasteiger partial charge in [-0.25, -0.2) is 14.8 Å². The van der Waals surface area contributed by atoms with Gasteiger partial charge in [-0.2, -0.15) is 0 Å². The van der Waals surface area contributed by atoms with Gasteiger partial charge in [-0.15, -0.1) is 0 Å². The Morgan fingerprint density at radius 1 is 1.22 bits per heavy atom. The number of ether oxygens (including phenoxy) is 2. The van der Waals surface area contributed by atoms with Gasteiger partial charge >= 0.3 is 6.03 Å². The number of anilines is 1. The van der Waals surface area contributed by atoms with E-state index < -0.39 is 0 Å². The SMILES string of the molecule is COCCNCC1(c2cc(NC(=O)n3ccc4cc(Oc5ncnc6c5CNC6)ccc43)no2)CC1. The number of nitrogens with zero attached hydrogens (tertiary/aromatic N) is 4. The minimum Gasteiger partial charge on any atom is -0.439 e. The van der Waals surface area contributed by atoms with Gasteiger partial charge < -0.3 is 24.6 Å². The van der Waals surface area contributed by atoms with Gasteiger partial charge in [-0.1, -0.05) is 5.16 Å². The van der Waals surface area contributed by atoms with Gasteiger partial charge in [-0.05, 0) is 37.1 Å². The number of hydrogen-bond acceptors (Lipinski definition) is 9. The molecule has 11 heteroatoms. The van der Waals surface area contributed by atoms with Crippen molar-refractivity contribution < 1.29 is 18.8 Å². The van der Waals surface area contributed by atoms with Crippen LogP contribution in [0.4, 0.5) is 10.6 Å². The van der Waals surface area contributed by atoms with Crippen molar-refractivity contribution in [1.29, 1.82) is 0 Å². The van der Waals surface area contributed by atoms with Gasteiger partial charge in [-0.3, -0.25) is 9.88 Å². The van der Waals surface area contributed by atoms with Crippen molar-refractivity contribution in [2.45, 2.75) is 31.3 Å². The molecular formula is C25H27N7O4. The largest absolute Gasteiger partial charge is 0.439 e. The quantitative estimate of drug-likeness (QED) is 0.304. The van der Waals surface area contributed by atoms with Crippen LogP contribution in [0.1, 0.15) is 29.9 Å². The third-order valence-electron chi connectivity index (χ3n) is 6.75. The van der Waals surface area contributed by atoms with Gasteiger partial charge in [0, 0.05) is 56.4 Å². The Morgan fingerprint density at radius 2 is 2.14 bits per heavy atom. The van der Waals surface area contributed by atoms with Crippen LogP contribution < -0.4 is 20.7 Å². The minimum absolute atomic E-state index is 0.0554. The molecule has 2 aliphatic rings.